The van der Waals surface area contributed by atoms with Crippen LogP contribution in [0.3, 0.4) is 0 Å². The molecule has 1 aliphatic heterocycles. The Bertz CT molecular complexity index is 923. The average Bonchev–Trinajstić information content (AvgIpc) is 3.31. The molecule has 1 unspecified atom stereocenters. The van der Waals surface area contributed by atoms with Gasteiger partial charge in [0.05, 0.1) is 12.2 Å². The van der Waals surface area contributed by atoms with Gasteiger partial charge in [-0.3, -0.25) is 4.79 Å². The van der Waals surface area contributed by atoms with Gasteiger partial charge in [0.1, 0.15) is 5.52 Å². The first-order valence-corrected chi connectivity index (χ1v) is 9.40. The highest BCUT2D eigenvalue weighted by molar-refractivity contribution is 5.75. The maximum absolute atomic E-state index is 11.6. The molecule has 7 heteroatoms. The van der Waals surface area contributed by atoms with E-state index in [9.17, 15) is 4.79 Å². The van der Waals surface area contributed by atoms with E-state index in [4.69, 9.17) is 5.10 Å². The van der Waals surface area contributed by atoms with E-state index in [0.717, 1.165) is 49.5 Å². The normalized spacial score (nSPS) is 16.9. The lowest BCUT2D eigenvalue weighted by molar-refractivity contribution is -0.127. The molecule has 0 saturated carbocycles. The highest BCUT2D eigenvalue weighted by Crippen LogP contribution is 2.30. The molecule has 0 aliphatic carbocycles. The summed E-state index contributed by atoms with van der Waals surface area (Å²) in [6, 6.07) is 10.3. The molecule has 4 rings (SSSR count). The molecular formula is C20H24N6O. The molecule has 3 heterocycles. The third kappa shape index (κ3) is 3.83. The van der Waals surface area contributed by atoms with E-state index < -0.39 is 0 Å². The number of carbonyl (C=O) groups excluding carboxylic acids is 1. The van der Waals surface area contributed by atoms with E-state index in [1.165, 1.54) is 5.56 Å². The van der Waals surface area contributed by atoms with Crippen LogP contribution in [0.5, 0.6) is 0 Å². The van der Waals surface area contributed by atoms with E-state index in [-0.39, 0.29) is 11.8 Å². The Morgan fingerprint density at radius 1 is 1.22 bits per heavy atom. The zero-order chi connectivity index (χ0) is 18.6. The Kier molecular flexibility index (Phi) is 5.11. The Morgan fingerprint density at radius 3 is 2.81 bits per heavy atom. The number of nitrogens with one attached hydrogen (secondary N) is 1. The molecule has 1 N–H and O–H groups in total. The van der Waals surface area contributed by atoms with Crippen molar-refractivity contribution in [2.24, 2.45) is 0 Å². The van der Waals surface area contributed by atoms with Gasteiger partial charge in [0, 0.05) is 51.4 Å². The standard InChI is InChI=1S/C20H24N6O/c1-15(27)25-11-7-17(14-25)18-19-20(23-9-8-22-19)26(24-18)12-10-21-13-16-5-3-2-4-6-16/h2-6,8-9,17,21H,7,10-14H2,1H3. The fourth-order valence-corrected chi connectivity index (χ4v) is 3.64. The van der Waals surface area contributed by atoms with Crippen LogP contribution < -0.4 is 5.32 Å². The van der Waals surface area contributed by atoms with Gasteiger partial charge in [-0.05, 0) is 12.0 Å². The van der Waals surface area contributed by atoms with Gasteiger partial charge in [0.15, 0.2) is 5.65 Å². The summed E-state index contributed by atoms with van der Waals surface area (Å²) in [4.78, 5) is 22.5. The zero-order valence-electron chi connectivity index (χ0n) is 15.5. The number of amides is 1. The number of nitrogens with zero attached hydrogens (tertiary/aromatic N) is 5. The Hall–Kier alpha value is -2.80. The Balaban J connectivity index is 1.46. The van der Waals surface area contributed by atoms with Crippen molar-refractivity contribution in [3.63, 3.8) is 0 Å². The molecule has 0 bridgehead atoms. The van der Waals surface area contributed by atoms with E-state index in [1.807, 2.05) is 27.8 Å². The number of rotatable bonds is 6. The molecule has 1 aliphatic rings. The van der Waals surface area contributed by atoms with Gasteiger partial charge in [0.25, 0.3) is 0 Å². The lowest BCUT2D eigenvalue weighted by Gasteiger charge is -2.12. The lowest BCUT2D eigenvalue weighted by atomic mass is 10.0. The third-order valence-corrected chi connectivity index (χ3v) is 5.09. The molecule has 1 fully saturated rings. The second kappa shape index (κ2) is 7.84. The van der Waals surface area contributed by atoms with Gasteiger partial charge in [-0.15, -0.1) is 0 Å². The summed E-state index contributed by atoms with van der Waals surface area (Å²) in [5, 5.41) is 8.28. The van der Waals surface area contributed by atoms with E-state index in [0.29, 0.717) is 6.54 Å². The van der Waals surface area contributed by atoms with Crippen molar-refractivity contribution < 1.29 is 4.79 Å². The molecule has 1 amide bonds. The highest BCUT2D eigenvalue weighted by Gasteiger charge is 2.30. The molecule has 1 saturated heterocycles. The first kappa shape index (κ1) is 17.6. The predicted octanol–water partition coefficient (Wildman–Crippen LogP) is 1.95. The van der Waals surface area contributed by atoms with Crippen molar-refractivity contribution in [2.75, 3.05) is 19.6 Å². The lowest BCUT2D eigenvalue weighted by Crippen LogP contribution is -2.25. The number of carbonyl (C=O) groups is 1. The summed E-state index contributed by atoms with van der Waals surface area (Å²) < 4.78 is 1.94. The van der Waals surface area contributed by atoms with Gasteiger partial charge in [-0.1, -0.05) is 30.3 Å². The molecule has 1 aromatic carbocycles. The number of hydrogen-bond acceptors (Lipinski definition) is 5. The van der Waals surface area contributed by atoms with Gasteiger partial charge in [-0.2, -0.15) is 5.10 Å². The first-order chi connectivity index (χ1) is 13.2. The van der Waals surface area contributed by atoms with Crippen molar-refractivity contribution in [1.82, 2.24) is 30.0 Å². The summed E-state index contributed by atoms with van der Waals surface area (Å²) >= 11 is 0. The number of benzene rings is 1. The van der Waals surface area contributed by atoms with Gasteiger partial charge >= 0.3 is 0 Å². The number of hydrogen-bond donors (Lipinski definition) is 1. The van der Waals surface area contributed by atoms with Crippen molar-refractivity contribution in [1.29, 1.82) is 0 Å². The van der Waals surface area contributed by atoms with E-state index >= 15 is 0 Å². The monoisotopic (exact) mass is 364 g/mol. The third-order valence-electron chi connectivity index (χ3n) is 5.09. The highest BCUT2D eigenvalue weighted by atomic mass is 16.2. The van der Waals surface area contributed by atoms with E-state index in [2.05, 4.69) is 27.4 Å². The average molecular weight is 364 g/mol. The molecule has 1 atom stereocenters. The van der Waals surface area contributed by atoms with Crippen LogP contribution in [0.1, 0.15) is 30.5 Å². The minimum Gasteiger partial charge on any atom is -0.342 e. The molecule has 3 aromatic rings. The minimum absolute atomic E-state index is 0.123. The predicted molar refractivity (Wildman–Crippen MR) is 103 cm³/mol. The van der Waals surface area contributed by atoms with Crippen LogP contribution in [0.2, 0.25) is 0 Å². The van der Waals surface area contributed by atoms with Crippen LogP contribution in [0, 0.1) is 0 Å². The van der Waals surface area contributed by atoms with Crippen molar-refractivity contribution >= 4 is 17.1 Å². The molecule has 0 radical (unpaired) electrons. The topological polar surface area (TPSA) is 75.9 Å². The summed E-state index contributed by atoms with van der Waals surface area (Å²) in [6.07, 6.45) is 4.34. The summed E-state index contributed by atoms with van der Waals surface area (Å²) in [5.74, 6) is 0.351. The van der Waals surface area contributed by atoms with Crippen molar-refractivity contribution in [3.8, 4) is 0 Å². The number of fused-ring (bicyclic) bond motifs is 1. The maximum Gasteiger partial charge on any atom is 0.219 e. The Morgan fingerprint density at radius 2 is 2.04 bits per heavy atom. The molecule has 7 nitrogen and oxygen atoms in total. The maximum atomic E-state index is 11.6. The van der Waals surface area contributed by atoms with Crippen molar-refractivity contribution in [2.45, 2.75) is 32.4 Å². The van der Waals surface area contributed by atoms with Gasteiger partial charge < -0.3 is 10.2 Å². The van der Waals surface area contributed by atoms with Crippen molar-refractivity contribution in [3.05, 3.63) is 54.0 Å². The Labute approximate surface area is 158 Å². The number of likely N-dealkylation sites (tertiary alicyclic amines) is 1. The second-order valence-electron chi connectivity index (χ2n) is 6.95. The van der Waals surface area contributed by atoms with Crippen LogP contribution in [0.4, 0.5) is 0 Å². The molecular weight excluding hydrogens is 340 g/mol. The largest absolute Gasteiger partial charge is 0.342 e. The van der Waals surface area contributed by atoms with Crippen LogP contribution >= 0.6 is 0 Å². The van der Waals surface area contributed by atoms with Crippen LogP contribution in [-0.4, -0.2) is 50.2 Å². The SMILES string of the molecule is CC(=O)N1CCC(c2nn(CCNCc3ccccc3)c3nccnc23)C1. The fraction of sp³-hybridized carbons (Fsp3) is 0.400. The van der Waals surface area contributed by atoms with Crippen LogP contribution in [0.15, 0.2) is 42.7 Å². The molecule has 2 aromatic heterocycles. The molecule has 140 valence electrons. The summed E-state index contributed by atoms with van der Waals surface area (Å²) in [7, 11) is 0. The van der Waals surface area contributed by atoms with E-state index in [1.54, 1.807) is 19.3 Å². The minimum atomic E-state index is 0.123. The fourth-order valence-electron chi connectivity index (χ4n) is 3.64. The smallest absolute Gasteiger partial charge is 0.219 e. The van der Waals surface area contributed by atoms with Crippen LogP contribution in [-0.2, 0) is 17.9 Å². The quantitative estimate of drug-likeness (QED) is 0.677. The first-order valence-electron chi connectivity index (χ1n) is 9.40. The molecule has 27 heavy (non-hydrogen) atoms. The number of aromatic nitrogens is 4. The van der Waals surface area contributed by atoms with Crippen LogP contribution in [0.25, 0.3) is 11.2 Å². The summed E-state index contributed by atoms with van der Waals surface area (Å²) in [5.41, 5.74) is 3.90. The summed E-state index contributed by atoms with van der Waals surface area (Å²) in [6.45, 7) is 5.47. The zero-order valence-corrected chi connectivity index (χ0v) is 15.5. The second-order valence-corrected chi connectivity index (χ2v) is 6.95. The molecule has 0 spiro atoms. The van der Waals surface area contributed by atoms with Gasteiger partial charge in [0.2, 0.25) is 5.91 Å². The van der Waals surface area contributed by atoms with Gasteiger partial charge in [-0.25, -0.2) is 14.6 Å².